The summed E-state index contributed by atoms with van der Waals surface area (Å²) in [6, 6.07) is 16.8. The van der Waals surface area contributed by atoms with Gasteiger partial charge in [-0.1, -0.05) is 36.4 Å². The van der Waals surface area contributed by atoms with Crippen molar-refractivity contribution in [2.24, 2.45) is 11.8 Å². The topological polar surface area (TPSA) is 107 Å². The third-order valence-electron chi connectivity index (χ3n) is 7.18. The lowest BCUT2D eigenvalue weighted by atomic mass is 9.68. The fourth-order valence-electron chi connectivity index (χ4n) is 5.37. The van der Waals surface area contributed by atoms with Crippen molar-refractivity contribution < 1.29 is 29.0 Å². The highest BCUT2D eigenvalue weighted by Crippen LogP contribution is 2.42. The third kappa shape index (κ3) is 5.92. The summed E-state index contributed by atoms with van der Waals surface area (Å²) in [5.74, 6) is -3.41. The minimum absolute atomic E-state index is 0.0555. The molecule has 2 unspecified atom stereocenters. The largest absolute Gasteiger partial charge is 0.508 e. The molecule has 2 atom stereocenters. The van der Waals surface area contributed by atoms with E-state index in [1.807, 2.05) is 4.90 Å². The summed E-state index contributed by atoms with van der Waals surface area (Å²) in [5, 5.41) is 22.8. The van der Waals surface area contributed by atoms with E-state index in [4.69, 9.17) is 0 Å². The number of piperidine rings is 1. The van der Waals surface area contributed by atoms with Gasteiger partial charge in [0.1, 0.15) is 17.3 Å². The zero-order valence-corrected chi connectivity index (χ0v) is 21.4. The van der Waals surface area contributed by atoms with Gasteiger partial charge < -0.3 is 20.4 Å². The van der Waals surface area contributed by atoms with Crippen molar-refractivity contribution in [1.82, 2.24) is 10.2 Å². The quantitative estimate of drug-likeness (QED) is 0.388. The molecule has 0 aromatic heterocycles. The monoisotopic (exact) mass is 518 g/mol. The number of phenols is 2. The van der Waals surface area contributed by atoms with Crippen LogP contribution in [0, 0.1) is 24.6 Å². The van der Waals surface area contributed by atoms with Crippen LogP contribution < -0.4 is 5.32 Å². The molecule has 198 valence electrons. The summed E-state index contributed by atoms with van der Waals surface area (Å²) < 4.78 is 14.8. The molecule has 0 radical (unpaired) electrons. The Hall–Kier alpha value is -4.04. The van der Waals surface area contributed by atoms with E-state index in [0.717, 1.165) is 0 Å². The number of hydrogen-bond acceptors (Lipinski definition) is 6. The van der Waals surface area contributed by atoms with Crippen molar-refractivity contribution in [1.29, 1.82) is 0 Å². The van der Waals surface area contributed by atoms with E-state index >= 15 is 0 Å². The van der Waals surface area contributed by atoms with Gasteiger partial charge in [0.05, 0.1) is 0 Å². The van der Waals surface area contributed by atoms with Gasteiger partial charge in [-0.3, -0.25) is 14.4 Å². The third-order valence-corrected chi connectivity index (χ3v) is 7.18. The lowest BCUT2D eigenvalue weighted by molar-refractivity contribution is -0.119. The number of nitrogens with zero attached hydrogens (tertiary/aromatic N) is 1. The average Bonchev–Trinajstić information content (AvgIpc) is 2.89. The summed E-state index contributed by atoms with van der Waals surface area (Å²) in [7, 11) is 0. The second kappa shape index (κ2) is 11.6. The number of phenolic OH excluding ortho intramolecular Hbond substituents is 2. The number of amides is 1. The van der Waals surface area contributed by atoms with E-state index in [1.165, 1.54) is 37.3 Å². The van der Waals surface area contributed by atoms with E-state index in [0.29, 0.717) is 35.3 Å². The van der Waals surface area contributed by atoms with E-state index in [-0.39, 0.29) is 42.1 Å². The van der Waals surface area contributed by atoms with Gasteiger partial charge in [0.15, 0.2) is 11.6 Å². The molecule has 4 rings (SSSR count). The minimum atomic E-state index is -0.741. The second-order valence-corrected chi connectivity index (χ2v) is 9.76. The second-order valence-electron chi connectivity index (χ2n) is 9.76. The molecule has 1 heterocycles. The molecule has 7 nitrogen and oxygen atoms in total. The van der Waals surface area contributed by atoms with Gasteiger partial charge in [-0.25, -0.2) is 4.39 Å². The summed E-state index contributed by atoms with van der Waals surface area (Å²) >= 11 is 0. The van der Waals surface area contributed by atoms with Crippen molar-refractivity contribution >= 4 is 17.5 Å². The number of carbonyl (C=O) groups excluding carboxylic acids is 3. The van der Waals surface area contributed by atoms with E-state index < -0.39 is 23.6 Å². The molecule has 0 spiro atoms. The maximum absolute atomic E-state index is 14.8. The Morgan fingerprint density at radius 3 is 1.92 bits per heavy atom. The highest BCUT2D eigenvalue weighted by molar-refractivity contribution is 6.02. The Bertz CT molecular complexity index is 1290. The van der Waals surface area contributed by atoms with E-state index in [1.54, 1.807) is 43.3 Å². The molecule has 3 aromatic carbocycles. The molecule has 1 aliphatic heterocycles. The summed E-state index contributed by atoms with van der Waals surface area (Å²) in [4.78, 5) is 41.3. The number of Topliss-reactive ketones (excluding diaryl/α,β-unsaturated/α-hetero) is 2. The Morgan fingerprint density at radius 1 is 0.895 bits per heavy atom. The van der Waals surface area contributed by atoms with Crippen molar-refractivity contribution in [3.8, 4) is 11.5 Å². The van der Waals surface area contributed by atoms with Crippen LogP contribution in [0.2, 0.25) is 0 Å². The molecule has 0 aliphatic carbocycles. The van der Waals surface area contributed by atoms with Gasteiger partial charge in [-0.2, -0.15) is 0 Å². The zero-order valence-electron chi connectivity index (χ0n) is 21.4. The van der Waals surface area contributed by atoms with Crippen molar-refractivity contribution in [2.75, 3.05) is 26.2 Å². The van der Waals surface area contributed by atoms with Crippen LogP contribution >= 0.6 is 0 Å². The molecule has 8 heteroatoms. The molecule has 1 fully saturated rings. The highest BCUT2D eigenvalue weighted by atomic mass is 19.1. The number of likely N-dealkylation sites (tertiary alicyclic amines) is 1. The first-order valence-corrected chi connectivity index (χ1v) is 12.5. The van der Waals surface area contributed by atoms with Crippen LogP contribution in [0.15, 0.2) is 66.7 Å². The Balaban J connectivity index is 1.83. The molecule has 1 saturated heterocycles. The maximum Gasteiger partial charge on any atom is 0.216 e. The normalized spacial score (nSPS) is 19.6. The van der Waals surface area contributed by atoms with Crippen molar-refractivity contribution in [3.05, 3.63) is 94.8 Å². The molecule has 3 N–H and O–H groups in total. The van der Waals surface area contributed by atoms with Crippen LogP contribution in [0.5, 0.6) is 11.5 Å². The minimum Gasteiger partial charge on any atom is -0.508 e. The molecule has 1 amide bonds. The predicted molar refractivity (Wildman–Crippen MR) is 141 cm³/mol. The number of ketones is 2. The number of halogens is 1. The number of nitrogens with one attached hydrogen (secondary N) is 1. The van der Waals surface area contributed by atoms with Crippen LogP contribution in [0.1, 0.15) is 44.7 Å². The zero-order chi connectivity index (χ0) is 27.4. The Morgan fingerprint density at radius 2 is 1.42 bits per heavy atom. The number of aromatic hydroxyl groups is 2. The molecular weight excluding hydrogens is 487 g/mol. The summed E-state index contributed by atoms with van der Waals surface area (Å²) in [6.07, 6.45) is 0. The van der Waals surface area contributed by atoms with Crippen LogP contribution in [0.4, 0.5) is 4.39 Å². The Labute approximate surface area is 220 Å². The smallest absolute Gasteiger partial charge is 0.216 e. The summed E-state index contributed by atoms with van der Waals surface area (Å²) in [6.45, 7) is 4.35. The molecule has 38 heavy (non-hydrogen) atoms. The fraction of sp³-hybridized carbons (Fsp3) is 0.300. The first-order valence-electron chi connectivity index (χ1n) is 12.5. The molecule has 0 bridgehead atoms. The van der Waals surface area contributed by atoms with Crippen molar-refractivity contribution in [3.63, 3.8) is 0 Å². The fourth-order valence-corrected chi connectivity index (χ4v) is 5.37. The number of hydrogen-bond donors (Lipinski definition) is 3. The van der Waals surface area contributed by atoms with Gasteiger partial charge in [-0.15, -0.1) is 0 Å². The summed E-state index contributed by atoms with van der Waals surface area (Å²) in [5.41, 5.74) is 1.53. The van der Waals surface area contributed by atoms with E-state index in [9.17, 15) is 29.0 Å². The Kier molecular flexibility index (Phi) is 8.22. The lowest BCUT2D eigenvalue weighted by Gasteiger charge is -2.43. The number of carbonyl (C=O) groups is 3. The van der Waals surface area contributed by atoms with Gasteiger partial charge in [0, 0.05) is 62.0 Å². The number of benzene rings is 3. The molecule has 1 aliphatic rings. The van der Waals surface area contributed by atoms with Crippen molar-refractivity contribution in [2.45, 2.75) is 19.8 Å². The SMILES string of the molecule is CC(=O)NCCN1CC(C(=O)c2cccc(O)c2)C(c2cccc(F)c2C)C(C(=O)c2cccc(O)c2)C1. The highest BCUT2D eigenvalue weighted by Gasteiger charge is 2.45. The van der Waals surface area contributed by atoms with Crippen LogP contribution in [-0.4, -0.2) is 58.8 Å². The first-order chi connectivity index (χ1) is 18.2. The van der Waals surface area contributed by atoms with Crippen LogP contribution in [0.25, 0.3) is 0 Å². The van der Waals surface area contributed by atoms with E-state index in [2.05, 4.69) is 5.32 Å². The van der Waals surface area contributed by atoms with Gasteiger partial charge in [-0.05, 0) is 48.4 Å². The van der Waals surface area contributed by atoms with Gasteiger partial charge >= 0.3 is 0 Å². The van der Waals surface area contributed by atoms with Crippen LogP contribution in [-0.2, 0) is 4.79 Å². The van der Waals surface area contributed by atoms with Gasteiger partial charge in [0.2, 0.25) is 5.91 Å². The lowest BCUT2D eigenvalue weighted by Crippen LogP contribution is -2.52. The molecule has 3 aromatic rings. The standard InChI is InChI=1S/C30H31FN2O5/c1-18-24(10-5-11-27(18)31)28-25(29(37)20-6-3-8-22(35)14-20)16-33(13-12-32-19(2)34)17-26(28)30(38)21-7-4-9-23(36)15-21/h3-11,14-15,25-26,28,35-36H,12-13,16-17H2,1-2H3,(H,32,34). The molecular formula is C30H31FN2O5. The average molecular weight is 519 g/mol. The maximum atomic E-state index is 14.8. The predicted octanol–water partition coefficient (Wildman–Crippen LogP) is 4.08. The first kappa shape index (κ1) is 27.0. The number of rotatable bonds is 8. The van der Waals surface area contributed by atoms with Gasteiger partial charge in [0.25, 0.3) is 0 Å². The van der Waals surface area contributed by atoms with Crippen LogP contribution in [0.3, 0.4) is 0 Å². The molecule has 0 saturated carbocycles.